The molecule has 2 heterocycles. The monoisotopic (exact) mass is 373 g/mol. The zero-order valence-electron chi connectivity index (χ0n) is 16.4. The van der Waals surface area contributed by atoms with Crippen LogP contribution in [0.5, 0.6) is 0 Å². The second-order valence-electron chi connectivity index (χ2n) is 6.85. The number of aromatic amines is 1. The van der Waals surface area contributed by atoms with Crippen molar-refractivity contribution in [1.82, 2.24) is 20.2 Å². The van der Waals surface area contributed by atoms with Crippen molar-refractivity contribution in [2.45, 2.75) is 19.8 Å². The molecule has 0 aliphatic carbocycles. The molecule has 1 unspecified atom stereocenters. The van der Waals surface area contributed by atoms with Gasteiger partial charge in [-0.3, -0.25) is 4.99 Å². The zero-order chi connectivity index (χ0) is 18.9. The normalized spacial score (nSPS) is 17.8. The van der Waals surface area contributed by atoms with E-state index in [1.807, 2.05) is 18.2 Å². The number of nitrogens with one attached hydrogen (secondary N) is 2. The van der Waals surface area contributed by atoms with E-state index in [0.717, 1.165) is 61.9 Å². The van der Waals surface area contributed by atoms with E-state index in [4.69, 9.17) is 14.5 Å². The SMILES string of the molecule is CCNC(=NCCc1nc2ccccc2[nH]1)N1CCC(COCCOC)C1. The maximum Gasteiger partial charge on any atom is 0.193 e. The van der Waals surface area contributed by atoms with Gasteiger partial charge < -0.3 is 24.7 Å². The van der Waals surface area contributed by atoms with E-state index in [2.05, 4.69) is 33.2 Å². The van der Waals surface area contributed by atoms with Gasteiger partial charge in [-0.1, -0.05) is 12.1 Å². The number of H-pyrrole nitrogens is 1. The summed E-state index contributed by atoms with van der Waals surface area (Å²) in [5.41, 5.74) is 2.10. The van der Waals surface area contributed by atoms with Gasteiger partial charge in [0.05, 0.1) is 30.9 Å². The first-order chi connectivity index (χ1) is 13.3. The van der Waals surface area contributed by atoms with Crippen molar-refractivity contribution in [2.24, 2.45) is 10.9 Å². The van der Waals surface area contributed by atoms with Crippen LogP contribution in [0, 0.1) is 5.92 Å². The molecule has 3 rings (SSSR count). The Morgan fingerprint density at radius 1 is 1.37 bits per heavy atom. The summed E-state index contributed by atoms with van der Waals surface area (Å²) in [5.74, 6) is 2.54. The number of guanidine groups is 1. The lowest BCUT2D eigenvalue weighted by Crippen LogP contribution is -2.40. The van der Waals surface area contributed by atoms with Crippen LogP contribution in [0.2, 0.25) is 0 Å². The molecular formula is C20H31N5O2. The fraction of sp³-hybridized carbons (Fsp3) is 0.600. The summed E-state index contributed by atoms with van der Waals surface area (Å²) in [7, 11) is 1.70. The number of imidazole rings is 1. The van der Waals surface area contributed by atoms with Crippen LogP contribution in [0.3, 0.4) is 0 Å². The average molecular weight is 374 g/mol. The van der Waals surface area contributed by atoms with Crippen molar-refractivity contribution < 1.29 is 9.47 Å². The molecule has 0 spiro atoms. The third-order valence-corrected chi connectivity index (χ3v) is 4.75. The minimum atomic E-state index is 0.557. The minimum Gasteiger partial charge on any atom is -0.382 e. The van der Waals surface area contributed by atoms with Gasteiger partial charge in [-0.15, -0.1) is 0 Å². The highest BCUT2D eigenvalue weighted by atomic mass is 16.5. The van der Waals surface area contributed by atoms with Crippen molar-refractivity contribution in [2.75, 3.05) is 53.1 Å². The van der Waals surface area contributed by atoms with Gasteiger partial charge in [-0.2, -0.15) is 0 Å². The highest BCUT2D eigenvalue weighted by molar-refractivity contribution is 5.80. The Morgan fingerprint density at radius 2 is 2.26 bits per heavy atom. The first-order valence-electron chi connectivity index (χ1n) is 9.83. The number of hydrogen-bond acceptors (Lipinski definition) is 4. The number of ether oxygens (including phenoxy) is 2. The molecule has 148 valence electrons. The predicted octanol–water partition coefficient (Wildman–Crippen LogP) is 2.06. The van der Waals surface area contributed by atoms with Crippen LogP contribution in [-0.2, 0) is 15.9 Å². The number of benzene rings is 1. The Labute approximate surface area is 161 Å². The summed E-state index contributed by atoms with van der Waals surface area (Å²) >= 11 is 0. The summed E-state index contributed by atoms with van der Waals surface area (Å²) in [6.45, 7) is 7.82. The number of fused-ring (bicyclic) bond motifs is 1. The first-order valence-corrected chi connectivity index (χ1v) is 9.83. The van der Waals surface area contributed by atoms with Crippen LogP contribution < -0.4 is 5.32 Å². The molecule has 2 aromatic rings. The van der Waals surface area contributed by atoms with Crippen LogP contribution in [0.4, 0.5) is 0 Å². The van der Waals surface area contributed by atoms with Crippen molar-refractivity contribution in [3.8, 4) is 0 Å². The van der Waals surface area contributed by atoms with Crippen LogP contribution in [0.15, 0.2) is 29.3 Å². The standard InChI is InChI=1S/C20H31N5O2/c1-3-21-20(25-11-9-16(14-25)15-27-13-12-26-2)22-10-8-19-23-17-6-4-5-7-18(17)24-19/h4-7,16H,3,8-15H2,1-2H3,(H,21,22)(H,23,24). The van der Waals surface area contributed by atoms with Crippen molar-refractivity contribution in [1.29, 1.82) is 0 Å². The highest BCUT2D eigenvalue weighted by Crippen LogP contribution is 2.17. The Balaban J connectivity index is 1.50. The lowest BCUT2D eigenvalue weighted by Gasteiger charge is -2.21. The van der Waals surface area contributed by atoms with Crippen LogP contribution in [0.25, 0.3) is 11.0 Å². The van der Waals surface area contributed by atoms with Gasteiger partial charge in [-0.25, -0.2) is 4.98 Å². The first kappa shape index (κ1) is 19.6. The van der Waals surface area contributed by atoms with Crippen LogP contribution in [0.1, 0.15) is 19.2 Å². The molecule has 1 atom stereocenters. The molecule has 1 aliphatic heterocycles. The number of rotatable bonds is 9. The van der Waals surface area contributed by atoms with Gasteiger partial charge >= 0.3 is 0 Å². The molecule has 7 heteroatoms. The number of aliphatic imine (C=N–C) groups is 1. The van der Waals surface area contributed by atoms with Crippen LogP contribution in [-0.4, -0.2) is 73.9 Å². The van der Waals surface area contributed by atoms with Crippen LogP contribution >= 0.6 is 0 Å². The largest absolute Gasteiger partial charge is 0.382 e. The second kappa shape index (κ2) is 10.3. The van der Waals surface area contributed by atoms with Gasteiger partial charge in [0.25, 0.3) is 0 Å². The number of nitrogens with zero attached hydrogens (tertiary/aromatic N) is 3. The molecule has 1 fully saturated rings. The number of likely N-dealkylation sites (tertiary alicyclic amines) is 1. The van der Waals surface area contributed by atoms with E-state index in [-0.39, 0.29) is 0 Å². The molecule has 1 aromatic carbocycles. The predicted molar refractivity (Wildman–Crippen MR) is 108 cm³/mol. The Kier molecular flexibility index (Phi) is 7.47. The molecule has 2 N–H and O–H groups in total. The second-order valence-corrected chi connectivity index (χ2v) is 6.85. The molecule has 0 radical (unpaired) electrons. The van der Waals surface area contributed by atoms with E-state index in [1.165, 1.54) is 0 Å². The Bertz CT molecular complexity index is 697. The van der Waals surface area contributed by atoms with Crippen molar-refractivity contribution in [3.05, 3.63) is 30.1 Å². The van der Waals surface area contributed by atoms with E-state index in [9.17, 15) is 0 Å². The van der Waals surface area contributed by atoms with E-state index >= 15 is 0 Å². The number of aromatic nitrogens is 2. The highest BCUT2D eigenvalue weighted by Gasteiger charge is 2.24. The van der Waals surface area contributed by atoms with Gasteiger partial charge in [-0.05, 0) is 25.5 Å². The van der Waals surface area contributed by atoms with Crippen molar-refractivity contribution in [3.63, 3.8) is 0 Å². The van der Waals surface area contributed by atoms with E-state index in [1.54, 1.807) is 7.11 Å². The minimum absolute atomic E-state index is 0.557. The maximum atomic E-state index is 5.69. The molecule has 0 amide bonds. The number of hydrogen-bond donors (Lipinski definition) is 2. The molecular weight excluding hydrogens is 342 g/mol. The summed E-state index contributed by atoms with van der Waals surface area (Å²) in [5, 5.41) is 3.42. The zero-order valence-corrected chi connectivity index (χ0v) is 16.4. The maximum absolute atomic E-state index is 5.69. The molecule has 0 bridgehead atoms. The van der Waals surface area contributed by atoms with Gasteiger partial charge in [0, 0.05) is 45.6 Å². The van der Waals surface area contributed by atoms with Crippen molar-refractivity contribution >= 4 is 17.0 Å². The molecule has 1 aliphatic rings. The van der Waals surface area contributed by atoms with Gasteiger partial charge in [0.2, 0.25) is 0 Å². The topological polar surface area (TPSA) is 74.8 Å². The molecule has 0 saturated carbocycles. The quantitative estimate of drug-likeness (QED) is 0.400. The summed E-state index contributed by atoms with van der Waals surface area (Å²) in [4.78, 5) is 15.2. The van der Waals surface area contributed by atoms with E-state index in [0.29, 0.717) is 25.7 Å². The molecule has 1 saturated heterocycles. The lowest BCUT2D eigenvalue weighted by molar-refractivity contribution is 0.0536. The molecule has 27 heavy (non-hydrogen) atoms. The molecule has 7 nitrogen and oxygen atoms in total. The smallest absolute Gasteiger partial charge is 0.193 e. The third kappa shape index (κ3) is 5.68. The third-order valence-electron chi connectivity index (χ3n) is 4.75. The number of para-hydroxylation sites is 2. The fourth-order valence-corrected chi connectivity index (χ4v) is 3.37. The van der Waals surface area contributed by atoms with E-state index < -0.39 is 0 Å². The fourth-order valence-electron chi connectivity index (χ4n) is 3.37. The summed E-state index contributed by atoms with van der Waals surface area (Å²) in [6, 6.07) is 8.12. The van der Waals surface area contributed by atoms with Gasteiger partial charge in [0.15, 0.2) is 5.96 Å². The Hall–Kier alpha value is -2.12. The lowest BCUT2D eigenvalue weighted by atomic mass is 10.1. The number of methoxy groups -OCH3 is 1. The Morgan fingerprint density at radius 3 is 3.07 bits per heavy atom. The molecule has 1 aromatic heterocycles. The van der Waals surface area contributed by atoms with Gasteiger partial charge in [0.1, 0.15) is 5.82 Å². The summed E-state index contributed by atoms with van der Waals surface area (Å²) in [6.07, 6.45) is 1.95. The summed E-state index contributed by atoms with van der Waals surface area (Å²) < 4.78 is 10.7. The average Bonchev–Trinajstić information content (AvgIpc) is 3.31.